The van der Waals surface area contributed by atoms with E-state index in [4.69, 9.17) is 33.1 Å². The Labute approximate surface area is 165 Å². The Kier molecular flexibility index (Phi) is 5.43. The van der Waals surface area contributed by atoms with Crippen LogP contribution < -0.4 is 9.88 Å². The fraction of sp³-hybridized carbons (Fsp3) is 0.118. The number of alkyl halides is 2. The predicted molar refractivity (Wildman–Crippen MR) is 101 cm³/mol. The molecule has 0 bridgehead atoms. The quantitative estimate of drug-likeness (QED) is 0.624. The number of methoxy groups -OCH3 is 1. The average molecular weight is 430 g/mol. The van der Waals surface area contributed by atoms with Crippen molar-refractivity contribution in [1.29, 1.82) is 0 Å². The van der Waals surface area contributed by atoms with E-state index in [1.807, 2.05) is 0 Å². The zero-order valence-electron chi connectivity index (χ0n) is 13.9. The van der Waals surface area contributed by atoms with Crippen LogP contribution in [0.2, 0.25) is 0 Å². The van der Waals surface area contributed by atoms with Crippen molar-refractivity contribution in [3.05, 3.63) is 60.0 Å². The van der Waals surface area contributed by atoms with Crippen LogP contribution in [-0.2, 0) is 10.0 Å². The minimum atomic E-state index is -3.82. The van der Waals surface area contributed by atoms with E-state index in [0.717, 1.165) is 0 Å². The van der Waals surface area contributed by atoms with Gasteiger partial charge in [-0.2, -0.15) is 5.10 Å². The number of hydrogen-bond acceptors (Lipinski definition) is 4. The molecular weight excluding hydrogens is 416 g/mol. The lowest BCUT2D eigenvalue weighted by Crippen LogP contribution is -2.12. The second-order valence-electron chi connectivity index (χ2n) is 5.56. The van der Waals surface area contributed by atoms with Crippen LogP contribution in [0.1, 0.15) is 10.5 Å². The molecule has 2 N–H and O–H groups in total. The van der Waals surface area contributed by atoms with Crippen LogP contribution in [0.5, 0.6) is 5.75 Å². The fourth-order valence-corrected chi connectivity index (χ4v) is 3.24. The molecule has 0 fully saturated rings. The molecule has 3 rings (SSSR count). The third-order valence-electron chi connectivity index (χ3n) is 3.81. The number of halogens is 3. The minimum Gasteiger partial charge on any atom is -0.494 e. The topological polar surface area (TPSA) is 87.2 Å². The van der Waals surface area contributed by atoms with Crippen molar-refractivity contribution in [3.8, 4) is 22.7 Å². The number of benzene rings is 2. The average Bonchev–Trinajstić information content (AvgIpc) is 3.06. The summed E-state index contributed by atoms with van der Waals surface area (Å²) in [6.45, 7) is 0. The van der Waals surface area contributed by atoms with Gasteiger partial charge in [-0.15, -0.1) is 0 Å². The van der Waals surface area contributed by atoms with Gasteiger partial charge in [0, 0.05) is 5.56 Å². The van der Waals surface area contributed by atoms with Gasteiger partial charge in [0.15, 0.2) is 16.4 Å². The highest BCUT2D eigenvalue weighted by atomic mass is 35.5. The van der Waals surface area contributed by atoms with E-state index in [1.54, 1.807) is 12.1 Å². The van der Waals surface area contributed by atoms with Crippen LogP contribution in [-0.4, -0.2) is 25.3 Å². The number of nitrogens with zero attached hydrogens (tertiary/aromatic N) is 2. The SMILES string of the molecule is COc1ccc(-c2cc(C(Cl)Cl)nn2-c2ccc(S(N)(=O)=O)cc2)cc1F. The standard InChI is InChI=1S/C17H14Cl2FN3O3S/c1-26-16-7-2-10(8-13(16)20)15-9-14(17(18)19)22-23(15)11-3-5-12(6-4-11)27(21,24)25/h2-9,17H,1H3,(H2,21,24,25). The molecule has 10 heteroatoms. The lowest BCUT2D eigenvalue weighted by atomic mass is 10.1. The van der Waals surface area contributed by atoms with E-state index >= 15 is 0 Å². The predicted octanol–water partition coefficient (Wildman–Crippen LogP) is 3.81. The minimum absolute atomic E-state index is 0.0387. The first-order valence-electron chi connectivity index (χ1n) is 7.56. The number of aromatic nitrogens is 2. The number of nitrogens with two attached hydrogens (primary N) is 1. The summed E-state index contributed by atoms with van der Waals surface area (Å²) < 4.78 is 43.4. The van der Waals surface area contributed by atoms with E-state index in [0.29, 0.717) is 22.6 Å². The summed E-state index contributed by atoms with van der Waals surface area (Å²) in [4.78, 5) is -0.931. The Hall–Kier alpha value is -2.13. The smallest absolute Gasteiger partial charge is 0.238 e. The number of sulfonamides is 1. The summed E-state index contributed by atoms with van der Waals surface area (Å²) in [6, 6.07) is 11.8. The molecule has 0 unspecified atom stereocenters. The Morgan fingerprint density at radius 2 is 1.81 bits per heavy atom. The van der Waals surface area contributed by atoms with Crippen LogP contribution in [0.25, 0.3) is 16.9 Å². The maximum absolute atomic E-state index is 14.1. The Morgan fingerprint density at radius 3 is 2.33 bits per heavy atom. The van der Waals surface area contributed by atoms with E-state index < -0.39 is 20.7 Å². The normalized spacial score (nSPS) is 11.8. The summed E-state index contributed by atoms with van der Waals surface area (Å²) in [5, 5.41) is 9.45. The van der Waals surface area contributed by atoms with Gasteiger partial charge in [0.05, 0.1) is 29.1 Å². The number of ether oxygens (including phenoxy) is 1. The Balaban J connectivity index is 2.14. The van der Waals surface area contributed by atoms with E-state index in [2.05, 4.69) is 5.10 Å². The fourth-order valence-electron chi connectivity index (χ4n) is 2.51. The van der Waals surface area contributed by atoms with Crippen LogP contribution in [0, 0.1) is 5.82 Å². The van der Waals surface area contributed by atoms with Gasteiger partial charge >= 0.3 is 0 Å². The molecule has 1 aromatic heterocycles. The second kappa shape index (κ2) is 7.47. The molecule has 2 aromatic carbocycles. The molecule has 27 heavy (non-hydrogen) atoms. The number of primary sulfonamides is 1. The summed E-state index contributed by atoms with van der Waals surface area (Å²) >= 11 is 11.9. The molecule has 0 aliphatic carbocycles. The van der Waals surface area contributed by atoms with Gasteiger partial charge in [0.2, 0.25) is 10.0 Å². The van der Waals surface area contributed by atoms with Crippen molar-refractivity contribution in [2.75, 3.05) is 7.11 Å². The molecule has 0 aliphatic rings. The summed E-state index contributed by atoms with van der Waals surface area (Å²) in [5.74, 6) is -0.433. The van der Waals surface area contributed by atoms with E-state index in [-0.39, 0.29) is 10.6 Å². The van der Waals surface area contributed by atoms with Crippen LogP contribution in [0.15, 0.2) is 53.4 Å². The van der Waals surface area contributed by atoms with Gasteiger partial charge in [-0.05, 0) is 48.5 Å². The molecule has 0 radical (unpaired) electrons. The monoisotopic (exact) mass is 429 g/mol. The van der Waals surface area contributed by atoms with E-state index in [1.165, 1.54) is 48.2 Å². The van der Waals surface area contributed by atoms with Gasteiger partial charge in [0.25, 0.3) is 0 Å². The largest absolute Gasteiger partial charge is 0.494 e. The highest BCUT2D eigenvalue weighted by Gasteiger charge is 2.18. The molecule has 0 aliphatic heterocycles. The van der Waals surface area contributed by atoms with Gasteiger partial charge in [-0.25, -0.2) is 22.6 Å². The molecule has 0 spiro atoms. The van der Waals surface area contributed by atoms with Gasteiger partial charge in [-0.3, -0.25) is 0 Å². The first kappa shape index (κ1) is 19.6. The molecule has 1 heterocycles. The number of rotatable bonds is 5. The second-order valence-corrected chi connectivity index (χ2v) is 8.21. The Morgan fingerprint density at radius 1 is 1.15 bits per heavy atom. The molecule has 0 saturated carbocycles. The van der Waals surface area contributed by atoms with Gasteiger partial charge in [-0.1, -0.05) is 23.2 Å². The maximum Gasteiger partial charge on any atom is 0.238 e. The molecule has 0 atom stereocenters. The third-order valence-corrected chi connectivity index (χ3v) is 5.19. The summed E-state index contributed by atoms with van der Waals surface area (Å²) in [6.07, 6.45) is 0. The van der Waals surface area contributed by atoms with Crippen molar-refractivity contribution >= 4 is 33.2 Å². The van der Waals surface area contributed by atoms with Gasteiger partial charge < -0.3 is 4.74 Å². The van der Waals surface area contributed by atoms with Crippen molar-refractivity contribution in [1.82, 2.24) is 9.78 Å². The lowest BCUT2D eigenvalue weighted by molar-refractivity contribution is 0.386. The van der Waals surface area contributed by atoms with Crippen LogP contribution in [0.3, 0.4) is 0 Å². The van der Waals surface area contributed by atoms with Gasteiger partial charge in [0.1, 0.15) is 0 Å². The first-order chi connectivity index (χ1) is 12.7. The van der Waals surface area contributed by atoms with Crippen molar-refractivity contribution < 1.29 is 17.5 Å². The lowest BCUT2D eigenvalue weighted by Gasteiger charge is -2.09. The van der Waals surface area contributed by atoms with Crippen molar-refractivity contribution in [3.63, 3.8) is 0 Å². The molecule has 0 saturated heterocycles. The van der Waals surface area contributed by atoms with Crippen LogP contribution in [0.4, 0.5) is 4.39 Å². The zero-order valence-corrected chi connectivity index (χ0v) is 16.3. The molecule has 0 amide bonds. The highest BCUT2D eigenvalue weighted by molar-refractivity contribution is 7.89. The highest BCUT2D eigenvalue weighted by Crippen LogP contribution is 2.32. The maximum atomic E-state index is 14.1. The zero-order chi connectivity index (χ0) is 19.8. The first-order valence-corrected chi connectivity index (χ1v) is 9.98. The molecule has 3 aromatic rings. The molecular formula is C17H14Cl2FN3O3S. The summed E-state index contributed by atoms with van der Waals surface area (Å²) in [7, 11) is -2.45. The molecule has 6 nitrogen and oxygen atoms in total. The van der Waals surface area contributed by atoms with E-state index in [9.17, 15) is 12.8 Å². The van der Waals surface area contributed by atoms with Crippen LogP contribution >= 0.6 is 23.2 Å². The Bertz CT molecular complexity index is 1080. The molecule has 142 valence electrons. The van der Waals surface area contributed by atoms with Crippen molar-refractivity contribution in [2.45, 2.75) is 9.73 Å². The third kappa shape index (κ3) is 4.08. The summed E-state index contributed by atoms with van der Waals surface area (Å²) in [5.41, 5.74) is 1.91. The van der Waals surface area contributed by atoms with Crippen molar-refractivity contribution in [2.24, 2.45) is 5.14 Å². The number of hydrogen-bond donors (Lipinski definition) is 1.